The van der Waals surface area contributed by atoms with Gasteiger partial charge in [-0.25, -0.2) is 51.5 Å². The van der Waals surface area contributed by atoms with E-state index in [0.29, 0.717) is 0 Å². The topological polar surface area (TPSA) is 696 Å². The lowest BCUT2D eigenvalue weighted by atomic mass is 9.79. The van der Waals surface area contributed by atoms with E-state index in [0.717, 1.165) is 0 Å². The van der Waals surface area contributed by atoms with Crippen LogP contribution < -0.4 is 0 Å². The van der Waals surface area contributed by atoms with Gasteiger partial charge in [0.1, 0.15) is 91.6 Å². The second-order valence-electron chi connectivity index (χ2n) is 27.8. The molecule has 57 nitrogen and oxygen atoms in total. The van der Waals surface area contributed by atoms with E-state index < -0.39 is 271 Å². The van der Waals surface area contributed by atoms with Crippen molar-refractivity contribution < 1.29 is 268 Å². The van der Waals surface area contributed by atoms with Crippen LogP contribution in [0.1, 0.15) is 62.3 Å². The molecule has 726 valence electrons. The van der Waals surface area contributed by atoms with Crippen LogP contribution in [0.5, 0.6) is 0 Å². The van der Waals surface area contributed by atoms with Crippen molar-refractivity contribution >= 4 is 121 Å². The normalized spacial score (nSPS) is 38.4. The third-order valence-electron chi connectivity index (χ3n) is 20.9. The molecule has 7 aliphatic rings. The van der Waals surface area contributed by atoms with Gasteiger partial charge in [0.05, 0.1) is 146 Å². The van der Waals surface area contributed by atoms with Gasteiger partial charge < -0.3 is 82.0 Å². The molecule has 7 fully saturated rings. The highest BCUT2D eigenvalue weighted by Gasteiger charge is 2.55. The largest absolute Gasteiger partial charge is 0.397 e. The third-order valence-corrected chi connectivity index (χ3v) is 25.1. The Hall–Kier alpha value is 0.900. The molecule has 7 saturated heterocycles. The van der Waals surface area contributed by atoms with Crippen LogP contribution in [0.3, 0.4) is 0 Å². The fraction of sp³-hybridized carbons (Fsp3) is 1.00. The summed E-state index contributed by atoms with van der Waals surface area (Å²) in [4.78, 5) is 0. The van der Waals surface area contributed by atoms with Gasteiger partial charge in [-0.2, -0.15) is 8.42 Å². The molecule has 0 aromatic heterocycles. The van der Waals surface area contributed by atoms with Gasteiger partial charge in [-0.15, -0.1) is 39.0 Å². The molecule has 14 N–H and O–H groups in total. The van der Waals surface area contributed by atoms with E-state index in [9.17, 15) is 49.2 Å². The summed E-state index contributed by atoms with van der Waals surface area (Å²) in [6.07, 6.45) is -33.2. The molecule has 7 rings (SSSR count). The highest BCUT2D eigenvalue weighted by molar-refractivity contribution is 7.91. The molecule has 67 heteroatoms. The van der Waals surface area contributed by atoms with Crippen LogP contribution in [0.25, 0.3) is 0 Å². The maximum absolute atomic E-state index is 12.1. The van der Waals surface area contributed by atoms with Crippen molar-refractivity contribution in [3.63, 3.8) is 0 Å². The van der Waals surface area contributed by atoms with E-state index in [-0.39, 0.29) is 142 Å². The maximum atomic E-state index is 12.1. The van der Waals surface area contributed by atoms with Crippen LogP contribution in [-0.2, 0) is 198 Å². The molecule has 15 unspecified atom stereocenters. The lowest BCUT2D eigenvalue weighted by Gasteiger charge is -2.47. The lowest BCUT2D eigenvalue weighted by Crippen LogP contribution is -2.59. The van der Waals surface area contributed by atoms with Gasteiger partial charge in [0.15, 0.2) is 117 Å². The van der Waals surface area contributed by atoms with Crippen LogP contribution in [-0.4, -0.2) is 325 Å². The Kier molecular flexibility index (Phi) is 54.5. The molecule has 7 heterocycles. The van der Waals surface area contributed by atoms with Gasteiger partial charge in [-0.05, 0) is 48.5 Å². The van der Waals surface area contributed by atoms with Crippen LogP contribution in [0.2, 0.25) is 0 Å². The first-order chi connectivity index (χ1) is 59.3. The molecule has 0 bridgehead atoms. The van der Waals surface area contributed by atoms with Crippen LogP contribution in [0.4, 0.5) is 0 Å². The standard InChI is InChI=1S/C56H100O57S10/c1-22-24(3)79-37(23(2)43(22)57)16-77-14-35-48(88-116-107-98-63)28(7)83-41(51(35)91-119-110-101-66)20-75-12-33-32(11-74-19-40-45(59)54(95-123(70,71)72)44(58)25(4)80-40)38(81-26(5)46(33)86-114-105-96-61)17-73-10-31-34(13-76-21-42-53(93-121-112-103-68)55(94-122-113-104-69)50(30(9)84-42)90-118-109-100-65)47(87-115-106-97-62)27(6)82-39(31)18-78-15-36-49(89-117-108-99-64)29(8)85-56(60)52(36)92-120-111-102-67/h22-69H,10-21H2,1-9H3,(H,70,71,72)/t22-,23?,24?,25?,26?,27?,28?,29?,30?,31?,32?,33-,34-,35+,36+,37+,38+,39+,40+,41+,42+,43+,44-,45?,46+,47+,48+,49+,50+,51?,52?,53?,54+,55+,56?/m1/s1. The van der Waals surface area contributed by atoms with Crippen LogP contribution in [0, 0.1) is 47.3 Å². The van der Waals surface area contributed by atoms with E-state index in [1.165, 1.54) is 20.8 Å². The van der Waals surface area contributed by atoms with E-state index >= 15 is 0 Å². The maximum Gasteiger partial charge on any atom is 0.397 e. The second-order valence-corrected chi connectivity index (χ2v) is 33.1. The average molecular weight is 2010 g/mol. The van der Waals surface area contributed by atoms with Gasteiger partial charge >= 0.3 is 10.4 Å². The summed E-state index contributed by atoms with van der Waals surface area (Å²) in [7, 11) is -5.31. The minimum atomic E-state index is -5.31. The number of aliphatic hydroxyl groups excluding tert-OH is 4. The fourth-order valence-corrected chi connectivity index (χ4v) is 19.2. The number of hydrogen-bond donors (Lipinski definition) is 14. The highest BCUT2D eigenvalue weighted by atomic mass is 32.3. The molecule has 0 aromatic carbocycles. The van der Waals surface area contributed by atoms with Crippen LogP contribution in [0.15, 0.2) is 0 Å². The lowest BCUT2D eigenvalue weighted by molar-refractivity contribution is -0.436. The van der Waals surface area contributed by atoms with E-state index in [4.69, 9.17) is 144 Å². The molecule has 7 aliphatic heterocycles. The zero-order valence-corrected chi connectivity index (χ0v) is 73.8. The Morgan fingerprint density at radius 3 is 0.927 bits per heavy atom. The van der Waals surface area contributed by atoms with Crippen molar-refractivity contribution in [2.24, 2.45) is 47.3 Å². The molecule has 123 heavy (non-hydrogen) atoms. The predicted molar refractivity (Wildman–Crippen MR) is 397 cm³/mol. The molecule has 35 atom stereocenters. The molecule has 0 saturated carbocycles. The van der Waals surface area contributed by atoms with Gasteiger partial charge in [0.2, 0.25) is 0 Å². The molecule has 0 aliphatic carbocycles. The van der Waals surface area contributed by atoms with Gasteiger partial charge in [-0.1, -0.05) is 59.2 Å². The fourth-order valence-electron chi connectivity index (χ4n) is 15.0. The Bertz CT molecular complexity index is 2850. The Balaban J connectivity index is 1.27. The first kappa shape index (κ1) is 111. The molecular weight excluding hydrogens is 1910 g/mol. The number of hydrogen-bond acceptors (Lipinski definition) is 65. The third kappa shape index (κ3) is 34.9. The minimum Gasteiger partial charge on any atom is -0.392 e. The Morgan fingerprint density at radius 1 is 0.244 bits per heavy atom. The number of aliphatic hydroxyl groups is 4. The first-order valence-electron chi connectivity index (χ1n) is 36.4. The smallest absolute Gasteiger partial charge is 0.392 e. The zero-order valence-electron chi connectivity index (χ0n) is 65.6. The van der Waals surface area contributed by atoms with Crippen LogP contribution >= 0.6 is 111 Å². The zero-order chi connectivity index (χ0) is 89.5. The summed E-state index contributed by atoms with van der Waals surface area (Å²) in [5, 5.41) is 161. The molecule has 0 aromatic rings. The molecular formula is C56H100O57S10. The second kappa shape index (κ2) is 60.4. The predicted octanol–water partition coefficient (Wildman–Crippen LogP) is 4.11. The van der Waals surface area contributed by atoms with Gasteiger partial charge in [0.25, 0.3) is 0 Å². The Labute approximate surface area is 739 Å². The number of ether oxygens (including phenoxy) is 13. The monoisotopic (exact) mass is 2000 g/mol. The SMILES string of the molecule is CC1O[C@@H](COC[C@@H]2C(OSOOO)[C@H](COC[C@@H]3C(COC[C@@H]4OC(C)[C@@H](O)[C@H](OS(=O)(=O)O)C4O)[C@H](COCC4[C@H](COC[C@@H]5C(OSOOO)C(O)OC(C)[C@@H]5OSOOO)OC(C)[C@H](OSOOO)[C@@H]4COC[C@@H]4OC(C)[C@H](OSOOO)[C@H](OSOOO)C4OSOOO)OC(C)[C@@H]3OSOOO)OC(C)[C@@H]2OSOOO)C(C)[C@@H](O)[C@@H]1C. The molecule has 0 radical (unpaired) electrons. The quantitative estimate of drug-likeness (QED) is 0.0134. The number of rotatable bonds is 62. The van der Waals surface area contributed by atoms with Crippen molar-refractivity contribution in [3.05, 3.63) is 0 Å². The van der Waals surface area contributed by atoms with Crippen molar-refractivity contribution in [3.8, 4) is 0 Å². The summed E-state index contributed by atoms with van der Waals surface area (Å²) < 4.78 is 215. The summed E-state index contributed by atoms with van der Waals surface area (Å²) in [6, 6.07) is 0. The van der Waals surface area contributed by atoms with Crippen molar-refractivity contribution in [2.75, 3.05) is 79.3 Å². The molecule has 0 amide bonds. The van der Waals surface area contributed by atoms with Crippen molar-refractivity contribution in [2.45, 2.75) is 227 Å². The van der Waals surface area contributed by atoms with Crippen molar-refractivity contribution in [1.29, 1.82) is 0 Å². The average Bonchev–Trinajstić information content (AvgIpc) is 0.787. The van der Waals surface area contributed by atoms with Crippen molar-refractivity contribution in [1.82, 2.24) is 0 Å². The highest BCUT2D eigenvalue weighted by Crippen LogP contribution is 2.44. The van der Waals surface area contributed by atoms with Gasteiger partial charge in [-0.3, -0.25) is 42.2 Å². The minimum absolute atomic E-state index is 0.0487. The molecule has 0 spiro atoms. The van der Waals surface area contributed by atoms with E-state index in [2.05, 4.69) is 75.7 Å². The summed E-state index contributed by atoms with van der Waals surface area (Å²) in [5.74, 6) is -6.83. The summed E-state index contributed by atoms with van der Waals surface area (Å²) in [5.41, 5.74) is 0. The Morgan fingerprint density at radius 2 is 0.520 bits per heavy atom. The van der Waals surface area contributed by atoms with Gasteiger partial charge in [0, 0.05) is 47.3 Å². The first-order valence-corrected chi connectivity index (χ1v) is 43.8. The van der Waals surface area contributed by atoms with E-state index in [1.54, 1.807) is 20.8 Å². The van der Waals surface area contributed by atoms with E-state index in [1.807, 2.05) is 20.8 Å². The summed E-state index contributed by atoms with van der Waals surface area (Å²) in [6.45, 7) is 9.81. The summed E-state index contributed by atoms with van der Waals surface area (Å²) >= 11 is 1.19.